The van der Waals surface area contributed by atoms with E-state index in [1.54, 1.807) is 0 Å². The van der Waals surface area contributed by atoms with Crippen molar-refractivity contribution in [3.63, 3.8) is 0 Å². The molecule has 0 bridgehead atoms. The summed E-state index contributed by atoms with van der Waals surface area (Å²) < 4.78 is 5.37. The minimum Gasteiger partial charge on any atom is -0.318 e. The fraction of sp³-hybridized carbons (Fsp3) is 0.692. The number of hydrogen-bond acceptors (Lipinski definition) is 2. The van der Waals surface area contributed by atoms with Crippen LogP contribution < -0.4 is 0 Å². The van der Waals surface area contributed by atoms with Crippen LogP contribution in [0.1, 0.15) is 68.2 Å². The molecule has 2 nitrogen and oxygen atoms in total. The molecule has 0 aromatic carbocycles. The maximum absolute atomic E-state index is 3.51. The van der Waals surface area contributed by atoms with E-state index in [0.29, 0.717) is 24.2 Å². The maximum Gasteiger partial charge on any atom is 0.118 e. The van der Waals surface area contributed by atoms with E-state index < -0.39 is 16.5 Å². The number of rotatable bonds is 8. The summed E-state index contributed by atoms with van der Waals surface area (Å²) in [4.78, 5) is 0. The summed E-state index contributed by atoms with van der Waals surface area (Å²) in [5.41, 5.74) is 0. The van der Waals surface area contributed by atoms with Gasteiger partial charge in [0, 0.05) is 25.8 Å². The molecule has 0 aromatic rings. The van der Waals surface area contributed by atoms with Gasteiger partial charge >= 0.3 is 0 Å². The average molecular weight is 623 g/mol. The first-order chi connectivity index (χ1) is 13.7. The Bertz CT molecular complexity index is 597. The molecule has 0 aliphatic heterocycles. The van der Waals surface area contributed by atoms with E-state index in [-0.39, 0.29) is 25.8 Å². The van der Waals surface area contributed by atoms with Gasteiger partial charge < -0.3 is 9.13 Å². The molecule has 176 valence electrons. The molecule has 0 fully saturated rings. The van der Waals surface area contributed by atoms with Crippen molar-refractivity contribution in [1.29, 1.82) is 0 Å². The SMILES string of the molecule is CC(C)N(C(C)C)[Si](C)(C)C1=[C-]CC=C1.CC(C)N(C(C)C)[Si](C)(C)C1=[C-]CC=C1.[Hf]. The molecule has 31 heavy (non-hydrogen) atoms. The molecular weight excluding hydrogens is 575 g/mol. The molecule has 0 amide bonds. The fourth-order valence-electron chi connectivity index (χ4n) is 5.70. The second kappa shape index (κ2) is 13.2. The first-order valence-corrected chi connectivity index (χ1v) is 17.8. The van der Waals surface area contributed by atoms with Gasteiger partial charge in [-0.15, -0.1) is 12.8 Å². The summed E-state index contributed by atoms with van der Waals surface area (Å²) in [6.45, 7) is 28.1. The zero-order valence-electron chi connectivity index (χ0n) is 22.4. The van der Waals surface area contributed by atoms with E-state index in [1.165, 1.54) is 10.4 Å². The molecule has 5 heteroatoms. The Kier molecular flexibility index (Phi) is 13.2. The Morgan fingerprint density at radius 3 is 1.03 bits per heavy atom. The van der Waals surface area contributed by atoms with E-state index in [0.717, 1.165) is 12.8 Å². The van der Waals surface area contributed by atoms with Crippen LogP contribution in [0.15, 0.2) is 34.7 Å². The number of allylic oxidation sites excluding steroid dienone is 8. The minimum absolute atomic E-state index is 0. The van der Waals surface area contributed by atoms with Gasteiger partial charge in [0.05, 0.1) is 0 Å². The fourth-order valence-corrected chi connectivity index (χ4v) is 13.5. The van der Waals surface area contributed by atoms with Gasteiger partial charge in [0.2, 0.25) is 0 Å². The van der Waals surface area contributed by atoms with Crippen molar-refractivity contribution in [2.45, 2.75) is 119 Å². The molecule has 0 aromatic heterocycles. The van der Waals surface area contributed by atoms with Crippen LogP contribution in [-0.4, -0.2) is 49.8 Å². The second-order valence-corrected chi connectivity index (χ2v) is 19.0. The molecule has 0 N–H and O–H groups in total. The van der Waals surface area contributed by atoms with E-state index >= 15 is 0 Å². The van der Waals surface area contributed by atoms with Crippen molar-refractivity contribution in [2.24, 2.45) is 0 Å². The van der Waals surface area contributed by atoms with Gasteiger partial charge in [0.1, 0.15) is 16.5 Å². The molecule has 2 aliphatic rings. The van der Waals surface area contributed by atoms with Crippen molar-refractivity contribution in [2.75, 3.05) is 0 Å². The normalized spacial score (nSPS) is 16.5. The van der Waals surface area contributed by atoms with E-state index in [2.05, 4.69) is 127 Å². The molecule has 2 aliphatic carbocycles. The van der Waals surface area contributed by atoms with Gasteiger partial charge in [-0.05, 0) is 24.2 Å². The predicted molar refractivity (Wildman–Crippen MR) is 140 cm³/mol. The van der Waals surface area contributed by atoms with Crippen LogP contribution >= 0.6 is 0 Å². The predicted octanol–water partition coefficient (Wildman–Crippen LogP) is 7.08. The average Bonchev–Trinajstić information content (AvgIpc) is 3.28. The Morgan fingerprint density at radius 2 is 0.871 bits per heavy atom. The Balaban J connectivity index is 0.000000562. The third kappa shape index (κ3) is 8.17. The molecule has 0 heterocycles. The summed E-state index contributed by atoms with van der Waals surface area (Å²) in [6.07, 6.45) is 18.1. The monoisotopic (exact) mass is 624 g/mol. The van der Waals surface area contributed by atoms with Gasteiger partial charge in [0.25, 0.3) is 0 Å². The van der Waals surface area contributed by atoms with Gasteiger partial charge in [0.15, 0.2) is 0 Å². The van der Waals surface area contributed by atoms with Crippen LogP contribution in [0.4, 0.5) is 0 Å². The van der Waals surface area contributed by atoms with Gasteiger partial charge in [-0.3, -0.25) is 12.2 Å². The van der Waals surface area contributed by atoms with Crippen LogP contribution in [0.3, 0.4) is 0 Å². The van der Waals surface area contributed by atoms with Crippen molar-refractivity contribution in [1.82, 2.24) is 9.13 Å². The summed E-state index contributed by atoms with van der Waals surface area (Å²) in [5, 5.41) is 2.95. The van der Waals surface area contributed by atoms with Crippen molar-refractivity contribution >= 4 is 16.5 Å². The van der Waals surface area contributed by atoms with Crippen LogP contribution in [0.25, 0.3) is 0 Å². The summed E-state index contributed by atoms with van der Waals surface area (Å²) >= 11 is 0. The third-order valence-corrected chi connectivity index (χ3v) is 14.2. The molecule has 0 atom stereocenters. The zero-order valence-corrected chi connectivity index (χ0v) is 28.0. The van der Waals surface area contributed by atoms with Crippen molar-refractivity contribution < 1.29 is 25.8 Å². The summed E-state index contributed by atoms with van der Waals surface area (Å²) in [5.74, 6) is 0. The Morgan fingerprint density at radius 1 is 0.613 bits per heavy atom. The van der Waals surface area contributed by atoms with Crippen LogP contribution in [0, 0.1) is 12.2 Å². The second-order valence-electron chi connectivity index (χ2n) is 10.7. The van der Waals surface area contributed by atoms with Crippen molar-refractivity contribution in [3.05, 3.63) is 46.8 Å². The number of hydrogen-bond donors (Lipinski definition) is 0. The van der Waals surface area contributed by atoms with Crippen LogP contribution in [0.2, 0.25) is 26.2 Å². The molecule has 2 rings (SSSR count). The summed E-state index contributed by atoms with van der Waals surface area (Å²) in [7, 11) is -2.95. The topological polar surface area (TPSA) is 6.48 Å². The molecule has 0 radical (unpaired) electrons. The molecule has 0 spiro atoms. The third-order valence-electron chi connectivity index (χ3n) is 6.22. The molecule has 0 saturated heterocycles. The van der Waals surface area contributed by atoms with Crippen LogP contribution in [-0.2, 0) is 25.8 Å². The molecular formula is C26H48HfN2Si2-2. The smallest absolute Gasteiger partial charge is 0.118 e. The van der Waals surface area contributed by atoms with E-state index in [9.17, 15) is 0 Å². The zero-order chi connectivity index (χ0) is 23.3. The maximum atomic E-state index is 3.51. The van der Waals surface area contributed by atoms with Crippen molar-refractivity contribution in [3.8, 4) is 0 Å². The van der Waals surface area contributed by atoms with Gasteiger partial charge in [-0.1, -0.05) is 81.6 Å². The van der Waals surface area contributed by atoms with Gasteiger partial charge in [-0.2, -0.15) is 12.2 Å². The quantitative estimate of drug-likeness (QED) is 0.211. The molecule has 0 saturated carbocycles. The Hall–Kier alpha value is 0.184. The molecule has 0 unspecified atom stereocenters. The standard InChI is InChI=1S/2C13H24NSi.Hf/c2*1-11(2)14(12(3)4)15(5,6)13-9-7-8-10-13;/h2*7,9,11-12H,8H2,1-6H3;/q2*-1;. The number of nitrogens with zero attached hydrogens (tertiary/aromatic N) is 2. The van der Waals surface area contributed by atoms with E-state index in [4.69, 9.17) is 0 Å². The first-order valence-electron chi connectivity index (χ1n) is 11.9. The summed E-state index contributed by atoms with van der Waals surface area (Å²) in [6, 6.07) is 2.48. The van der Waals surface area contributed by atoms with Crippen LogP contribution in [0.5, 0.6) is 0 Å². The minimum atomic E-state index is -1.47. The largest absolute Gasteiger partial charge is 0.318 e. The first kappa shape index (κ1) is 31.2. The Labute approximate surface area is 215 Å². The van der Waals surface area contributed by atoms with Gasteiger partial charge in [-0.25, -0.2) is 22.5 Å². The van der Waals surface area contributed by atoms with E-state index in [1.807, 2.05) is 0 Å².